The van der Waals surface area contributed by atoms with Gasteiger partial charge >= 0.3 is 0 Å². The van der Waals surface area contributed by atoms with Gasteiger partial charge in [-0.05, 0) is 12.3 Å². The maximum absolute atomic E-state index is 8.82. The topological polar surface area (TPSA) is 36.1 Å². The summed E-state index contributed by atoms with van der Waals surface area (Å²) in [5.74, 6) is 0.713. The van der Waals surface area contributed by atoms with Gasteiger partial charge in [-0.2, -0.15) is 5.26 Å². The van der Waals surface area contributed by atoms with Crippen LogP contribution in [0.5, 0.6) is 0 Å². The first-order valence-corrected chi connectivity index (χ1v) is 4.49. The molecule has 13 heavy (non-hydrogen) atoms. The summed E-state index contributed by atoms with van der Waals surface area (Å²) in [7, 11) is 1.68. The maximum Gasteiger partial charge on any atom is 0.118 e. The monoisotopic (exact) mass is 174 g/mol. The average molecular weight is 174 g/mol. The normalized spacial score (nSPS) is 28.2. The van der Waals surface area contributed by atoms with Gasteiger partial charge in [0, 0.05) is 13.0 Å². The predicted molar refractivity (Wildman–Crippen MR) is 54.5 cm³/mol. The SMILES string of the molecule is C/N=C(\C#N)[C@H]1C=CC=CC(C)C1. The molecule has 2 nitrogen and oxygen atoms in total. The molecule has 0 heterocycles. The molecule has 2 heteroatoms. The van der Waals surface area contributed by atoms with Gasteiger partial charge in [-0.25, -0.2) is 0 Å². The zero-order valence-corrected chi connectivity index (χ0v) is 8.07. The van der Waals surface area contributed by atoms with Crippen molar-refractivity contribution in [2.45, 2.75) is 13.3 Å². The van der Waals surface area contributed by atoms with Crippen LogP contribution in [0.3, 0.4) is 0 Å². The zero-order chi connectivity index (χ0) is 9.68. The molecule has 0 fully saturated rings. The van der Waals surface area contributed by atoms with E-state index in [1.807, 2.05) is 18.2 Å². The van der Waals surface area contributed by atoms with Crippen molar-refractivity contribution >= 4 is 5.71 Å². The minimum atomic E-state index is 0.194. The molecule has 0 aromatic rings. The molecule has 2 atom stereocenters. The van der Waals surface area contributed by atoms with Crippen molar-refractivity contribution in [3.63, 3.8) is 0 Å². The standard InChI is InChI=1S/C11H14N2/c1-9-5-3-4-6-10(7-9)11(8-12)13-2/h3-6,9-10H,7H2,1-2H3/b13-11+/t9?,10-/m0/s1. The first kappa shape index (κ1) is 9.73. The van der Waals surface area contributed by atoms with Gasteiger partial charge in [0.05, 0.1) is 0 Å². The molecule has 0 spiro atoms. The Morgan fingerprint density at radius 2 is 2.15 bits per heavy atom. The first-order chi connectivity index (χ1) is 6.27. The minimum Gasteiger partial charge on any atom is -0.281 e. The lowest BCUT2D eigenvalue weighted by atomic mass is 9.93. The number of nitrogens with zero attached hydrogens (tertiary/aromatic N) is 2. The second kappa shape index (κ2) is 4.61. The third-order valence-corrected chi connectivity index (χ3v) is 2.23. The largest absolute Gasteiger partial charge is 0.281 e. The van der Waals surface area contributed by atoms with Crippen molar-refractivity contribution < 1.29 is 0 Å². The second-order valence-electron chi connectivity index (χ2n) is 3.31. The highest BCUT2D eigenvalue weighted by molar-refractivity contribution is 6.01. The molecule has 0 amide bonds. The summed E-state index contributed by atoms with van der Waals surface area (Å²) in [5.41, 5.74) is 0.631. The van der Waals surface area contributed by atoms with Crippen LogP contribution >= 0.6 is 0 Å². The molecule has 1 aliphatic carbocycles. The van der Waals surface area contributed by atoms with Gasteiger partial charge in [0.2, 0.25) is 0 Å². The van der Waals surface area contributed by atoms with E-state index in [0.717, 1.165) is 6.42 Å². The van der Waals surface area contributed by atoms with E-state index >= 15 is 0 Å². The highest BCUT2D eigenvalue weighted by Crippen LogP contribution is 2.19. The molecule has 1 rings (SSSR count). The number of hydrogen-bond donors (Lipinski definition) is 0. The Kier molecular flexibility index (Phi) is 3.45. The highest BCUT2D eigenvalue weighted by atomic mass is 14.7. The van der Waals surface area contributed by atoms with E-state index < -0.39 is 0 Å². The van der Waals surface area contributed by atoms with Gasteiger partial charge < -0.3 is 0 Å². The van der Waals surface area contributed by atoms with Crippen LogP contribution in [0.1, 0.15) is 13.3 Å². The molecule has 0 N–H and O–H groups in total. The van der Waals surface area contributed by atoms with E-state index in [-0.39, 0.29) is 5.92 Å². The quantitative estimate of drug-likeness (QED) is 0.562. The van der Waals surface area contributed by atoms with Crippen LogP contribution in [0, 0.1) is 23.2 Å². The van der Waals surface area contributed by atoms with Crippen molar-refractivity contribution in [2.75, 3.05) is 7.05 Å². The summed E-state index contributed by atoms with van der Waals surface area (Å²) in [6.45, 7) is 2.15. The van der Waals surface area contributed by atoms with Gasteiger partial charge in [0.25, 0.3) is 0 Å². The van der Waals surface area contributed by atoms with Crippen LogP contribution in [0.15, 0.2) is 29.3 Å². The molecule has 68 valence electrons. The summed E-state index contributed by atoms with van der Waals surface area (Å²) in [6, 6.07) is 2.14. The fraction of sp³-hybridized carbons (Fsp3) is 0.455. The first-order valence-electron chi connectivity index (χ1n) is 4.49. The third-order valence-electron chi connectivity index (χ3n) is 2.23. The van der Waals surface area contributed by atoms with Crippen molar-refractivity contribution in [3.05, 3.63) is 24.3 Å². The van der Waals surface area contributed by atoms with Crippen LogP contribution in [0.2, 0.25) is 0 Å². The van der Waals surface area contributed by atoms with Crippen LogP contribution < -0.4 is 0 Å². The van der Waals surface area contributed by atoms with Gasteiger partial charge in [-0.3, -0.25) is 4.99 Å². The predicted octanol–water partition coefficient (Wildman–Crippen LogP) is 2.35. The van der Waals surface area contributed by atoms with Crippen LogP contribution in [0.25, 0.3) is 0 Å². The summed E-state index contributed by atoms with van der Waals surface area (Å²) in [4.78, 5) is 3.98. The number of allylic oxidation sites excluding steroid dienone is 4. The van der Waals surface area contributed by atoms with Crippen molar-refractivity contribution in [2.24, 2.45) is 16.8 Å². The second-order valence-corrected chi connectivity index (χ2v) is 3.31. The molecule has 1 aliphatic rings. The number of nitriles is 1. The lowest BCUT2D eigenvalue weighted by molar-refractivity contribution is 0.606. The summed E-state index contributed by atoms with van der Waals surface area (Å²) >= 11 is 0. The van der Waals surface area contributed by atoms with Crippen LogP contribution in [-0.4, -0.2) is 12.8 Å². The molecule has 0 aromatic heterocycles. The smallest absolute Gasteiger partial charge is 0.118 e. The Bertz CT molecular complexity index is 292. The Morgan fingerprint density at radius 1 is 1.46 bits per heavy atom. The molecule has 0 aromatic carbocycles. The molecule has 0 aliphatic heterocycles. The van der Waals surface area contributed by atoms with E-state index in [1.54, 1.807) is 7.05 Å². The van der Waals surface area contributed by atoms with Crippen molar-refractivity contribution in [1.82, 2.24) is 0 Å². The van der Waals surface area contributed by atoms with Crippen LogP contribution in [0.4, 0.5) is 0 Å². The number of hydrogen-bond acceptors (Lipinski definition) is 2. The van der Waals surface area contributed by atoms with Crippen LogP contribution in [-0.2, 0) is 0 Å². The molecular weight excluding hydrogens is 160 g/mol. The van der Waals surface area contributed by atoms with Gasteiger partial charge in [-0.1, -0.05) is 31.2 Å². The van der Waals surface area contributed by atoms with E-state index in [9.17, 15) is 0 Å². The lowest BCUT2D eigenvalue weighted by Crippen LogP contribution is -2.12. The Balaban J connectivity index is 2.78. The van der Waals surface area contributed by atoms with E-state index in [4.69, 9.17) is 5.26 Å². The Hall–Kier alpha value is -1.36. The fourth-order valence-electron chi connectivity index (χ4n) is 1.51. The molecule has 0 saturated carbocycles. The Morgan fingerprint density at radius 3 is 2.77 bits per heavy atom. The average Bonchev–Trinajstić information content (AvgIpc) is 2.32. The lowest BCUT2D eigenvalue weighted by Gasteiger charge is -2.11. The molecular formula is C11H14N2. The molecule has 0 bridgehead atoms. The van der Waals surface area contributed by atoms with E-state index in [0.29, 0.717) is 11.6 Å². The summed E-state index contributed by atoms with van der Waals surface area (Å²) in [6.07, 6.45) is 9.21. The third kappa shape index (κ3) is 2.55. The van der Waals surface area contributed by atoms with Gasteiger partial charge in [-0.15, -0.1) is 0 Å². The highest BCUT2D eigenvalue weighted by Gasteiger charge is 2.15. The molecule has 0 radical (unpaired) electrons. The molecule has 1 unspecified atom stereocenters. The fourth-order valence-corrected chi connectivity index (χ4v) is 1.51. The van der Waals surface area contributed by atoms with E-state index in [2.05, 4.69) is 24.1 Å². The van der Waals surface area contributed by atoms with Crippen molar-refractivity contribution in [1.29, 1.82) is 5.26 Å². The summed E-state index contributed by atoms with van der Waals surface area (Å²) in [5, 5.41) is 8.82. The Labute approximate surface area is 79.3 Å². The zero-order valence-electron chi connectivity index (χ0n) is 8.07. The van der Waals surface area contributed by atoms with E-state index in [1.165, 1.54) is 0 Å². The minimum absolute atomic E-state index is 0.194. The number of aliphatic imine (C=N–C) groups is 1. The maximum atomic E-state index is 8.82. The number of rotatable bonds is 1. The van der Waals surface area contributed by atoms with Crippen molar-refractivity contribution in [3.8, 4) is 6.07 Å². The van der Waals surface area contributed by atoms with Gasteiger partial charge in [0.15, 0.2) is 0 Å². The summed E-state index contributed by atoms with van der Waals surface area (Å²) < 4.78 is 0. The van der Waals surface area contributed by atoms with Gasteiger partial charge in [0.1, 0.15) is 11.8 Å². The molecule has 0 saturated heterocycles.